The Bertz CT molecular complexity index is 2990. The molecule has 0 aliphatic rings. The molecule has 0 bridgehead atoms. The molecule has 10 rings (SSSR count). The molecule has 0 radical (unpaired) electrons. The number of aromatic nitrogens is 5. The normalized spacial score (nSPS) is 10.0. The van der Waals surface area contributed by atoms with Crippen LogP contribution in [0.25, 0.3) is 53.7 Å². The number of hydrogen-bond donors (Lipinski definition) is 1. The van der Waals surface area contributed by atoms with Gasteiger partial charge in [-0.1, -0.05) is 211 Å². The lowest BCUT2D eigenvalue weighted by Crippen LogP contribution is -1.93. The molecule has 0 saturated heterocycles. The van der Waals surface area contributed by atoms with Crippen LogP contribution in [-0.4, -0.2) is 37.1 Å². The van der Waals surface area contributed by atoms with Crippen molar-refractivity contribution in [3.8, 4) is 5.75 Å². The fourth-order valence-corrected chi connectivity index (χ4v) is 9.17. The van der Waals surface area contributed by atoms with Crippen LogP contribution in [0.5, 0.6) is 5.75 Å². The zero-order valence-corrected chi connectivity index (χ0v) is 52.4. The molecule has 0 saturated carbocycles. The molecular weight excluding hydrogens is 975 g/mol. The second-order valence-electron chi connectivity index (χ2n) is 18.4. The highest BCUT2D eigenvalue weighted by Crippen LogP contribution is 2.30. The average Bonchev–Trinajstić information content (AvgIpc) is 3.99. The molecule has 0 amide bonds. The van der Waals surface area contributed by atoms with Crippen LogP contribution in [0.2, 0.25) is 0 Å². The number of benzene rings is 5. The zero-order chi connectivity index (χ0) is 58.7. The van der Waals surface area contributed by atoms with E-state index < -0.39 is 0 Å². The summed E-state index contributed by atoms with van der Waals surface area (Å²) in [4.78, 5) is 21.4. The van der Waals surface area contributed by atoms with Crippen LogP contribution in [0.15, 0.2) is 158 Å². The highest BCUT2D eigenvalue weighted by atomic mass is 32.1. The van der Waals surface area contributed by atoms with Crippen LogP contribution in [0.3, 0.4) is 0 Å². The van der Waals surface area contributed by atoms with E-state index in [2.05, 4.69) is 185 Å². The maximum Gasteiger partial charge on any atom is 0.137 e. The van der Waals surface area contributed by atoms with Crippen molar-refractivity contribution >= 4 is 65.0 Å². The molecule has 5 aromatic carbocycles. The quantitative estimate of drug-likeness (QED) is 0.170. The minimum Gasteiger partial charge on any atom is -0.495 e. The highest BCUT2D eigenvalue weighted by Gasteiger charge is 2.09. The number of ether oxygens (including phenoxy) is 1. The first-order valence-corrected chi connectivity index (χ1v) is 29.6. The Hall–Kier alpha value is -6.61. The first-order chi connectivity index (χ1) is 37.8. The molecule has 0 spiro atoms. The largest absolute Gasteiger partial charge is 0.495 e. The standard InChI is InChI=1S/2C13H15NO.2C12H13N.C10H11NS.5C2H6/c1-9(2)11-5-4-6-13-12(11)7-10(15-3)8-14-13;1-9(2)11-4-3-5-13-12(11)6-10(8-15)7-14-13;1-9(2)10-5-3-7-12-11(10)6-4-8-13-12;1-9(2)11-5-3-4-10-8-13-7-6-12(10)11;1-7(2)8-4-3-5-9-10(8)12-6-11-9;5*1-2/h4-9H,1-3H3;3-7,9,15H,8H2,1-2H3;2*3-9H,1-2H3;3-7H,1-2H3;5*1-2H3. The van der Waals surface area contributed by atoms with Gasteiger partial charge in [0.05, 0.1) is 52.2 Å². The molecule has 420 valence electrons. The molecule has 0 aliphatic heterocycles. The maximum atomic E-state index is 9.09. The van der Waals surface area contributed by atoms with Crippen molar-refractivity contribution in [3.05, 3.63) is 191 Å². The summed E-state index contributed by atoms with van der Waals surface area (Å²) in [6.45, 7) is 42.1. The molecule has 0 aliphatic carbocycles. The third-order valence-electron chi connectivity index (χ3n) is 11.9. The lowest BCUT2D eigenvalue weighted by molar-refractivity contribution is 0.281. The van der Waals surface area contributed by atoms with E-state index in [4.69, 9.17) is 9.84 Å². The Kier molecular flexibility index (Phi) is 34.6. The molecule has 5 aromatic heterocycles. The third kappa shape index (κ3) is 20.6. The monoisotopic (exact) mass is 1070 g/mol. The Morgan fingerprint density at radius 1 is 0.410 bits per heavy atom. The molecule has 0 fully saturated rings. The number of nitrogens with zero attached hydrogens (tertiary/aromatic N) is 5. The number of hydrogen-bond acceptors (Lipinski definition) is 8. The second kappa shape index (κ2) is 38.9. The van der Waals surface area contributed by atoms with Crippen LogP contribution in [0.1, 0.15) is 201 Å². The molecule has 78 heavy (non-hydrogen) atoms. The summed E-state index contributed by atoms with van der Waals surface area (Å²) in [6.07, 6.45) is 9.10. The third-order valence-corrected chi connectivity index (χ3v) is 12.8. The minimum absolute atomic E-state index is 0.0510. The molecule has 1 N–H and O–H groups in total. The van der Waals surface area contributed by atoms with Crippen LogP contribution < -0.4 is 4.74 Å². The Labute approximate surface area is 476 Å². The second-order valence-corrected chi connectivity index (χ2v) is 19.2. The van der Waals surface area contributed by atoms with Crippen molar-refractivity contribution in [2.24, 2.45) is 0 Å². The summed E-state index contributed by atoms with van der Waals surface area (Å²) >= 11 is 1.73. The summed E-state index contributed by atoms with van der Waals surface area (Å²) in [6, 6.07) is 41.7. The van der Waals surface area contributed by atoms with Crippen molar-refractivity contribution in [2.45, 2.75) is 175 Å². The highest BCUT2D eigenvalue weighted by molar-refractivity contribution is 7.17. The predicted molar refractivity (Wildman–Crippen MR) is 346 cm³/mol. The number of thiazole rings is 1. The van der Waals surface area contributed by atoms with Gasteiger partial charge in [-0.2, -0.15) is 0 Å². The van der Waals surface area contributed by atoms with Gasteiger partial charge in [-0.05, 0) is 117 Å². The van der Waals surface area contributed by atoms with Crippen LogP contribution in [0, 0.1) is 0 Å². The zero-order valence-electron chi connectivity index (χ0n) is 51.6. The van der Waals surface area contributed by atoms with Gasteiger partial charge in [0.25, 0.3) is 0 Å². The molecule has 10 aromatic rings. The van der Waals surface area contributed by atoms with E-state index in [0.717, 1.165) is 38.8 Å². The van der Waals surface area contributed by atoms with Crippen molar-refractivity contribution < 1.29 is 9.84 Å². The number of pyridine rings is 4. The van der Waals surface area contributed by atoms with Gasteiger partial charge in [0, 0.05) is 46.3 Å². The summed E-state index contributed by atoms with van der Waals surface area (Å²) in [7, 11) is 1.67. The van der Waals surface area contributed by atoms with Gasteiger partial charge in [0.1, 0.15) is 5.75 Å². The number of aliphatic hydroxyl groups is 1. The first kappa shape index (κ1) is 69.4. The Balaban J connectivity index is 0.000000469. The van der Waals surface area contributed by atoms with Crippen LogP contribution >= 0.6 is 11.3 Å². The van der Waals surface area contributed by atoms with Crippen molar-refractivity contribution in [3.63, 3.8) is 0 Å². The van der Waals surface area contributed by atoms with Gasteiger partial charge in [-0.15, -0.1) is 11.3 Å². The number of fused-ring (bicyclic) bond motifs is 5. The van der Waals surface area contributed by atoms with Crippen molar-refractivity contribution in [1.82, 2.24) is 24.9 Å². The van der Waals surface area contributed by atoms with E-state index in [-0.39, 0.29) is 6.61 Å². The maximum absolute atomic E-state index is 9.09. The van der Waals surface area contributed by atoms with Gasteiger partial charge >= 0.3 is 0 Å². The van der Waals surface area contributed by atoms with Gasteiger partial charge in [0.2, 0.25) is 0 Å². The van der Waals surface area contributed by atoms with E-state index in [1.165, 1.54) is 54.1 Å². The Morgan fingerprint density at radius 2 is 0.846 bits per heavy atom. The fourth-order valence-electron chi connectivity index (χ4n) is 8.22. The minimum atomic E-state index is 0.0510. The molecule has 0 atom stereocenters. The summed E-state index contributed by atoms with van der Waals surface area (Å²) in [5, 5.41) is 15.3. The topological polar surface area (TPSA) is 93.9 Å². The molecule has 7 nitrogen and oxygen atoms in total. The Morgan fingerprint density at radius 3 is 1.35 bits per heavy atom. The van der Waals surface area contributed by atoms with E-state index in [1.54, 1.807) is 30.8 Å². The molecule has 0 unspecified atom stereocenters. The number of aliphatic hydroxyl groups excluding tert-OH is 1. The summed E-state index contributed by atoms with van der Waals surface area (Å²) < 4.78 is 6.53. The van der Waals surface area contributed by atoms with E-state index in [1.807, 2.05) is 124 Å². The van der Waals surface area contributed by atoms with E-state index >= 15 is 0 Å². The van der Waals surface area contributed by atoms with Gasteiger partial charge in [-0.3, -0.25) is 19.9 Å². The summed E-state index contributed by atoms with van der Waals surface area (Å²) in [5.41, 5.74) is 13.8. The van der Waals surface area contributed by atoms with Crippen molar-refractivity contribution in [2.75, 3.05) is 7.11 Å². The number of rotatable bonds is 7. The average molecular weight is 1070 g/mol. The van der Waals surface area contributed by atoms with E-state index in [0.29, 0.717) is 29.6 Å². The summed E-state index contributed by atoms with van der Waals surface area (Å²) in [5.74, 6) is 3.52. The molecule has 8 heteroatoms. The van der Waals surface area contributed by atoms with E-state index in [9.17, 15) is 0 Å². The fraction of sp³-hybridized carbons (Fsp3) is 0.386. The lowest BCUT2D eigenvalue weighted by Gasteiger charge is -2.10. The molecule has 5 heterocycles. The first-order valence-electron chi connectivity index (χ1n) is 28.7. The number of methoxy groups -OCH3 is 1. The van der Waals surface area contributed by atoms with Crippen LogP contribution in [0.4, 0.5) is 0 Å². The smallest absolute Gasteiger partial charge is 0.137 e. The van der Waals surface area contributed by atoms with Gasteiger partial charge in [-0.25, -0.2) is 4.98 Å². The molecular formula is C70H97N5O2S. The van der Waals surface area contributed by atoms with Crippen LogP contribution in [-0.2, 0) is 6.61 Å². The predicted octanol–water partition coefficient (Wildman–Crippen LogP) is 21.5. The SMILES string of the molecule is CC.CC.CC.CC.CC.CC(C)c1cccc2cnccc12.CC(C)c1cccc2ncc(CO)cc12.CC(C)c1cccc2ncccc12.CC(C)c1cccc2ncsc12.COc1cnc2cccc(C(C)C)c2c1. The van der Waals surface area contributed by atoms with Crippen molar-refractivity contribution in [1.29, 1.82) is 0 Å². The van der Waals surface area contributed by atoms with Gasteiger partial charge in [0.15, 0.2) is 0 Å². The lowest BCUT2D eigenvalue weighted by atomic mass is 9.97. The van der Waals surface area contributed by atoms with Gasteiger partial charge < -0.3 is 9.84 Å².